The lowest BCUT2D eigenvalue weighted by Gasteiger charge is -2.19. The minimum absolute atomic E-state index is 0.00478. The number of carbonyl (C=O) groups is 1. The summed E-state index contributed by atoms with van der Waals surface area (Å²) in [5.74, 6) is -0.848. The number of sulfone groups is 1. The molecule has 0 bridgehead atoms. The quantitative estimate of drug-likeness (QED) is 0.625. The number of carbonyl (C=O) groups excluding carboxylic acids is 1. The maximum atomic E-state index is 13.6. The van der Waals surface area contributed by atoms with Gasteiger partial charge in [-0.25, -0.2) is 12.8 Å². The Morgan fingerprint density at radius 2 is 1.83 bits per heavy atom. The zero-order chi connectivity index (χ0) is 21.0. The van der Waals surface area contributed by atoms with Crippen molar-refractivity contribution in [2.24, 2.45) is 0 Å². The molecule has 1 unspecified atom stereocenters. The first-order valence-corrected chi connectivity index (χ1v) is 10.6. The van der Waals surface area contributed by atoms with Crippen molar-refractivity contribution in [2.75, 3.05) is 6.54 Å². The van der Waals surface area contributed by atoms with Crippen LogP contribution >= 0.6 is 0 Å². The summed E-state index contributed by atoms with van der Waals surface area (Å²) in [6.07, 6.45) is 3.00. The summed E-state index contributed by atoms with van der Waals surface area (Å²) in [6, 6.07) is 13.9. The molecule has 0 spiro atoms. The van der Waals surface area contributed by atoms with Crippen molar-refractivity contribution in [3.8, 4) is 0 Å². The Hall–Kier alpha value is -3.06. The average molecular weight is 412 g/mol. The minimum atomic E-state index is -3.90. The number of hydrogen-bond acceptors (Lipinski definition) is 4. The molecule has 1 N–H and O–H groups in total. The van der Waals surface area contributed by atoms with E-state index in [-0.39, 0.29) is 22.9 Å². The van der Waals surface area contributed by atoms with E-state index in [1.807, 2.05) is 19.1 Å². The molecule has 0 aliphatic carbocycles. The third-order valence-electron chi connectivity index (χ3n) is 4.65. The fourth-order valence-electron chi connectivity index (χ4n) is 2.92. The summed E-state index contributed by atoms with van der Waals surface area (Å²) in [5.41, 5.74) is 2.14. The van der Waals surface area contributed by atoms with E-state index in [9.17, 15) is 17.6 Å². The fourth-order valence-corrected chi connectivity index (χ4v) is 4.65. The minimum Gasteiger partial charge on any atom is -0.350 e. The lowest BCUT2D eigenvalue weighted by Crippen LogP contribution is -2.32. The second-order valence-electron chi connectivity index (χ2n) is 6.81. The van der Waals surface area contributed by atoms with Crippen LogP contribution in [0, 0.1) is 19.7 Å². The number of aryl methyl sites for hydroxylation is 2. The van der Waals surface area contributed by atoms with E-state index < -0.39 is 20.9 Å². The van der Waals surface area contributed by atoms with Crippen LogP contribution in [0.1, 0.15) is 32.3 Å². The molecule has 1 amide bonds. The summed E-state index contributed by atoms with van der Waals surface area (Å²) in [7, 11) is -3.90. The van der Waals surface area contributed by atoms with Crippen LogP contribution in [0.15, 0.2) is 71.9 Å². The molecule has 0 aliphatic rings. The molecule has 0 aliphatic heterocycles. The lowest BCUT2D eigenvalue weighted by molar-refractivity contribution is 0.0953. The molecular weight excluding hydrogens is 391 g/mol. The van der Waals surface area contributed by atoms with Crippen LogP contribution in [-0.2, 0) is 9.84 Å². The van der Waals surface area contributed by atoms with Crippen molar-refractivity contribution >= 4 is 15.7 Å². The number of rotatable bonds is 6. The maximum absolute atomic E-state index is 13.6. The Bertz CT molecular complexity index is 1110. The molecular formula is C22H21FN2O3S. The fraction of sp³-hybridized carbons (Fsp3) is 0.182. The topological polar surface area (TPSA) is 76.1 Å². The zero-order valence-electron chi connectivity index (χ0n) is 16.1. The van der Waals surface area contributed by atoms with E-state index in [1.165, 1.54) is 25.3 Å². The average Bonchev–Trinajstić information content (AvgIpc) is 2.71. The third kappa shape index (κ3) is 4.68. The van der Waals surface area contributed by atoms with Crippen LogP contribution in [0.25, 0.3) is 0 Å². The van der Waals surface area contributed by atoms with E-state index in [1.54, 1.807) is 30.5 Å². The van der Waals surface area contributed by atoms with Crippen LogP contribution in [-0.4, -0.2) is 25.9 Å². The Morgan fingerprint density at radius 3 is 2.45 bits per heavy atom. The Labute approximate surface area is 169 Å². The number of halogens is 1. The van der Waals surface area contributed by atoms with Crippen LogP contribution in [0.4, 0.5) is 4.39 Å². The molecule has 2 aromatic carbocycles. The maximum Gasteiger partial charge on any atom is 0.251 e. The molecule has 0 saturated carbocycles. The van der Waals surface area contributed by atoms with Gasteiger partial charge in [0.05, 0.1) is 4.90 Å². The molecule has 1 aromatic heterocycles. The SMILES string of the molecule is Cc1ccc(C(=O)NCC(c2cccnc2)S(=O)(=O)c2ccc(F)c(C)c2)cc1. The van der Waals surface area contributed by atoms with E-state index >= 15 is 0 Å². The number of pyridine rings is 1. The molecule has 150 valence electrons. The molecule has 1 atom stereocenters. The lowest BCUT2D eigenvalue weighted by atomic mass is 10.1. The van der Waals surface area contributed by atoms with Gasteiger partial charge < -0.3 is 5.32 Å². The standard InChI is InChI=1S/C22H21FN2O3S/c1-15-5-7-17(8-6-15)22(26)25-14-21(18-4-3-11-24-13-18)29(27,28)19-9-10-20(23)16(2)12-19/h3-13,21H,14H2,1-2H3,(H,25,26). The summed E-state index contributed by atoms with van der Waals surface area (Å²) < 4.78 is 40.2. The van der Waals surface area contributed by atoms with Crippen LogP contribution in [0.2, 0.25) is 0 Å². The first-order chi connectivity index (χ1) is 13.8. The third-order valence-corrected chi connectivity index (χ3v) is 6.75. The van der Waals surface area contributed by atoms with Gasteiger partial charge in [-0.05, 0) is 61.4 Å². The highest BCUT2D eigenvalue weighted by molar-refractivity contribution is 7.91. The second kappa shape index (κ2) is 8.53. The van der Waals surface area contributed by atoms with Gasteiger partial charge in [0.25, 0.3) is 5.91 Å². The van der Waals surface area contributed by atoms with Gasteiger partial charge in [0.1, 0.15) is 11.1 Å². The van der Waals surface area contributed by atoms with Gasteiger partial charge in [0, 0.05) is 24.5 Å². The molecule has 3 aromatic rings. The number of amides is 1. The van der Waals surface area contributed by atoms with Crippen LogP contribution < -0.4 is 5.32 Å². The predicted octanol–water partition coefficient (Wildman–Crippen LogP) is 3.78. The van der Waals surface area contributed by atoms with Gasteiger partial charge >= 0.3 is 0 Å². The van der Waals surface area contributed by atoms with Crippen molar-refractivity contribution in [3.63, 3.8) is 0 Å². The number of nitrogens with zero attached hydrogens (tertiary/aromatic N) is 1. The highest BCUT2D eigenvalue weighted by Crippen LogP contribution is 2.29. The smallest absolute Gasteiger partial charge is 0.251 e. The number of benzene rings is 2. The normalized spacial score (nSPS) is 12.4. The Balaban J connectivity index is 1.91. The summed E-state index contributed by atoms with van der Waals surface area (Å²) in [6.45, 7) is 3.28. The van der Waals surface area contributed by atoms with E-state index in [2.05, 4.69) is 10.3 Å². The van der Waals surface area contributed by atoms with Gasteiger partial charge in [0.15, 0.2) is 9.84 Å². The molecule has 29 heavy (non-hydrogen) atoms. The Morgan fingerprint density at radius 1 is 1.10 bits per heavy atom. The van der Waals surface area contributed by atoms with E-state index in [0.717, 1.165) is 11.6 Å². The van der Waals surface area contributed by atoms with Crippen molar-refractivity contribution in [3.05, 3.63) is 95.1 Å². The first kappa shape index (κ1) is 20.7. The summed E-state index contributed by atoms with van der Waals surface area (Å²) >= 11 is 0. The molecule has 0 saturated heterocycles. The highest BCUT2D eigenvalue weighted by Gasteiger charge is 2.30. The number of aromatic nitrogens is 1. The Kier molecular flexibility index (Phi) is 6.08. The summed E-state index contributed by atoms with van der Waals surface area (Å²) in [4.78, 5) is 16.5. The molecule has 5 nitrogen and oxygen atoms in total. The van der Waals surface area contributed by atoms with Crippen LogP contribution in [0.5, 0.6) is 0 Å². The van der Waals surface area contributed by atoms with Crippen molar-refractivity contribution < 1.29 is 17.6 Å². The van der Waals surface area contributed by atoms with Gasteiger partial charge in [-0.2, -0.15) is 0 Å². The largest absolute Gasteiger partial charge is 0.350 e. The second-order valence-corrected chi connectivity index (χ2v) is 8.94. The van der Waals surface area contributed by atoms with Gasteiger partial charge in [-0.1, -0.05) is 23.8 Å². The van der Waals surface area contributed by atoms with Crippen molar-refractivity contribution in [1.82, 2.24) is 10.3 Å². The van der Waals surface area contributed by atoms with Gasteiger partial charge in [-0.3, -0.25) is 9.78 Å². The van der Waals surface area contributed by atoms with E-state index in [4.69, 9.17) is 0 Å². The molecule has 7 heteroatoms. The highest BCUT2D eigenvalue weighted by atomic mass is 32.2. The molecule has 3 rings (SSSR count). The number of hydrogen-bond donors (Lipinski definition) is 1. The zero-order valence-corrected chi connectivity index (χ0v) is 16.9. The van der Waals surface area contributed by atoms with Crippen molar-refractivity contribution in [1.29, 1.82) is 0 Å². The predicted molar refractivity (Wildman–Crippen MR) is 109 cm³/mol. The van der Waals surface area contributed by atoms with Crippen LogP contribution in [0.3, 0.4) is 0 Å². The monoisotopic (exact) mass is 412 g/mol. The van der Waals surface area contributed by atoms with E-state index in [0.29, 0.717) is 11.1 Å². The molecule has 1 heterocycles. The first-order valence-electron chi connectivity index (χ1n) is 9.04. The van der Waals surface area contributed by atoms with Gasteiger partial charge in [-0.15, -0.1) is 0 Å². The molecule has 0 radical (unpaired) electrons. The molecule has 0 fully saturated rings. The number of nitrogens with one attached hydrogen (secondary N) is 1. The van der Waals surface area contributed by atoms with Gasteiger partial charge in [0.2, 0.25) is 0 Å². The van der Waals surface area contributed by atoms with Crippen molar-refractivity contribution in [2.45, 2.75) is 24.0 Å². The summed E-state index contributed by atoms with van der Waals surface area (Å²) in [5, 5.41) is 1.64.